The smallest absolute Gasteiger partial charge is 0.00488 e. The molecule has 0 spiro atoms. The van der Waals surface area contributed by atoms with Crippen molar-refractivity contribution in [3.05, 3.63) is 36.6 Å². The molecular formula is C8H15NS. The summed E-state index contributed by atoms with van der Waals surface area (Å²) in [6.07, 6.45) is 8.90. The van der Waals surface area contributed by atoms with Gasteiger partial charge in [-0.1, -0.05) is 24.8 Å². The van der Waals surface area contributed by atoms with E-state index in [1.807, 2.05) is 25.2 Å². The first-order chi connectivity index (χ1) is 4.77. The maximum absolute atomic E-state index is 5.31. The predicted octanol–water partition coefficient (Wildman–Crippen LogP) is 2.14. The number of hydrogen-bond acceptors (Lipinski definition) is 2. The third-order valence-corrected chi connectivity index (χ3v) is 0.606. The minimum atomic E-state index is 0.808. The molecule has 0 aromatic heterocycles. The van der Waals surface area contributed by atoms with Crippen LogP contribution in [-0.4, -0.2) is 6.26 Å². The molecule has 2 heteroatoms. The third-order valence-electron chi connectivity index (χ3n) is 0.606. The molecule has 0 heterocycles. The van der Waals surface area contributed by atoms with Crippen molar-refractivity contribution >= 4 is 12.6 Å². The average molecular weight is 157 g/mol. The topological polar surface area (TPSA) is 26.0 Å². The van der Waals surface area contributed by atoms with Crippen LogP contribution in [0.3, 0.4) is 0 Å². The van der Waals surface area contributed by atoms with E-state index >= 15 is 0 Å². The SMILES string of the molecule is C=C/C=C\C=C(\C)N.CS. The molecule has 0 rings (SSSR count). The Morgan fingerprint density at radius 1 is 1.40 bits per heavy atom. The van der Waals surface area contributed by atoms with Crippen LogP contribution >= 0.6 is 12.6 Å². The zero-order valence-corrected chi connectivity index (χ0v) is 7.44. The van der Waals surface area contributed by atoms with Gasteiger partial charge in [-0.2, -0.15) is 12.6 Å². The van der Waals surface area contributed by atoms with Gasteiger partial charge in [-0.3, -0.25) is 0 Å². The van der Waals surface area contributed by atoms with Gasteiger partial charge in [-0.25, -0.2) is 0 Å². The van der Waals surface area contributed by atoms with Crippen molar-refractivity contribution in [1.82, 2.24) is 0 Å². The first-order valence-electron chi connectivity index (χ1n) is 2.93. The molecule has 0 fully saturated rings. The van der Waals surface area contributed by atoms with E-state index in [1.165, 1.54) is 0 Å². The van der Waals surface area contributed by atoms with Crippen LogP contribution in [0.15, 0.2) is 36.6 Å². The van der Waals surface area contributed by atoms with Crippen LogP contribution in [0.1, 0.15) is 6.92 Å². The summed E-state index contributed by atoms with van der Waals surface area (Å²) < 4.78 is 0. The maximum Gasteiger partial charge on any atom is 0.00488 e. The largest absolute Gasteiger partial charge is 0.402 e. The standard InChI is InChI=1S/C7H11N.CH4S/c1-3-4-5-6-7(2)8;1-2/h3-6H,1,8H2,2H3;2H,1H3/b5-4-,7-6-;. The highest BCUT2D eigenvalue weighted by Gasteiger charge is 1.66. The van der Waals surface area contributed by atoms with Crippen molar-refractivity contribution in [2.75, 3.05) is 6.26 Å². The lowest BCUT2D eigenvalue weighted by Gasteiger charge is -1.80. The molecule has 58 valence electrons. The molecule has 0 amide bonds. The fraction of sp³-hybridized carbons (Fsp3) is 0.250. The Morgan fingerprint density at radius 2 is 1.90 bits per heavy atom. The monoisotopic (exact) mass is 157 g/mol. The van der Waals surface area contributed by atoms with E-state index < -0.39 is 0 Å². The lowest BCUT2D eigenvalue weighted by molar-refractivity contribution is 1.32. The molecule has 0 aliphatic heterocycles. The third kappa shape index (κ3) is 15.7. The normalized spacial score (nSPS) is 10.5. The lowest BCUT2D eigenvalue weighted by atomic mass is 10.4. The van der Waals surface area contributed by atoms with Gasteiger partial charge in [0.15, 0.2) is 0 Å². The van der Waals surface area contributed by atoms with E-state index in [9.17, 15) is 0 Å². The number of nitrogens with two attached hydrogens (primary N) is 1. The fourth-order valence-electron chi connectivity index (χ4n) is 0.286. The Morgan fingerprint density at radius 3 is 2.20 bits per heavy atom. The van der Waals surface area contributed by atoms with Crippen molar-refractivity contribution < 1.29 is 0 Å². The first kappa shape index (κ1) is 12.1. The van der Waals surface area contributed by atoms with Crippen molar-refractivity contribution in [1.29, 1.82) is 0 Å². The second-order valence-corrected chi connectivity index (χ2v) is 1.53. The number of hydrogen-bond donors (Lipinski definition) is 2. The molecule has 0 atom stereocenters. The summed E-state index contributed by atoms with van der Waals surface area (Å²) in [7, 11) is 0. The lowest BCUT2D eigenvalue weighted by Crippen LogP contribution is -1.87. The van der Waals surface area contributed by atoms with Crippen LogP contribution < -0.4 is 5.73 Å². The van der Waals surface area contributed by atoms with E-state index in [0.717, 1.165) is 5.70 Å². The summed E-state index contributed by atoms with van der Waals surface area (Å²) in [5.74, 6) is 0. The second kappa shape index (κ2) is 11.2. The molecule has 1 nitrogen and oxygen atoms in total. The van der Waals surface area contributed by atoms with Crippen LogP contribution in [-0.2, 0) is 0 Å². The van der Waals surface area contributed by atoms with Gasteiger partial charge in [0.2, 0.25) is 0 Å². The van der Waals surface area contributed by atoms with Gasteiger partial charge in [-0.05, 0) is 19.3 Å². The summed E-state index contributed by atoms with van der Waals surface area (Å²) in [6, 6.07) is 0. The molecule has 0 aliphatic rings. The van der Waals surface area contributed by atoms with Gasteiger partial charge in [0.1, 0.15) is 0 Å². The predicted molar refractivity (Wildman–Crippen MR) is 52.2 cm³/mol. The highest BCUT2D eigenvalue weighted by atomic mass is 32.1. The highest BCUT2D eigenvalue weighted by Crippen LogP contribution is 1.80. The molecule has 0 radical (unpaired) electrons. The van der Waals surface area contributed by atoms with Crippen LogP contribution in [0.4, 0.5) is 0 Å². The molecule has 0 saturated carbocycles. The van der Waals surface area contributed by atoms with Crippen LogP contribution in [0.2, 0.25) is 0 Å². The van der Waals surface area contributed by atoms with Gasteiger partial charge >= 0.3 is 0 Å². The van der Waals surface area contributed by atoms with E-state index in [0.29, 0.717) is 0 Å². The van der Waals surface area contributed by atoms with E-state index in [-0.39, 0.29) is 0 Å². The first-order valence-corrected chi connectivity index (χ1v) is 3.83. The summed E-state index contributed by atoms with van der Waals surface area (Å²) in [5, 5.41) is 0. The van der Waals surface area contributed by atoms with Gasteiger partial charge in [0.05, 0.1) is 0 Å². The Balaban J connectivity index is 0. The number of thiol groups is 1. The molecule has 0 aromatic rings. The Kier molecular flexibility index (Phi) is 13.5. The van der Waals surface area contributed by atoms with Crippen molar-refractivity contribution in [3.63, 3.8) is 0 Å². The summed E-state index contributed by atoms with van der Waals surface area (Å²) >= 11 is 3.53. The maximum atomic E-state index is 5.31. The van der Waals surface area contributed by atoms with Gasteiger partial charge in [0, 0.05) is 5.70 Å². The molecular weight excluding hydrogens is 142 g/mol. The number of allylic oxidation sites excluding steroid dienone is 5. The van der Waals surface area contributed by atoms with Crippen LogP contribution in [0, 0.1) is 0 Å². The zero-order valence-electron chi connectivity index (χ0n) is 6.54. The van der Waals surface area contributed by atoms with E-state index in [1.54, 1.807) is 12.3 Å². The number of rotatable bonds is 2. The zero-order chi connectivity index (χ0) is 8.41. The summed E-state index contributed by atoms with van der Waals surface area (Å²) in [4.78, 5) is 0. The van der Waals surface area contributed by atoms with Crippen LogP contribution in [0.5, 0.6) is 0 Å². The van der Waals surface area contributed by atoms with E-state index in [2.05, 4.69) is 19.2 Å². The Bertz CT molecular complexity index is 121. The molecule has 2 N–H and O–H groups in total. The molecule has 0 aliphatic carbocycles. The Labute approximate surface area is 68.7 Å². The van der Waals surface area contributed by atoms with Crippen molar-refractivity contribution in [2.45, 2.75) is 6.92 Å². The fourth-order valence-corrected chi connectivity index (χ4v) is 0.286. The second-order valence-electron chi connectivity index (χ2n) is 1.53. The minimum absolute atomic E-state index is 0.808. The average Bonchev–Trinajstić information content (AvgIpc) is 1.92. The minimum Gasteiger partial charge on any atom is -0.402 e. The molecule has 0 aromatic carbocycles. The summed E-state index contributed by atoms with van der Waals surface area (Å²) in [5.41, 5.74) is 6.12. The molecule has 10 heavy (non-hydrogen) atoms. The molecule has 0 unspecified atom stereocenters. The van der Waals surface area contributed by atoms with Crippen LogP contribution in [0.25, 0.3) is 0 Å². The van der Waals surface area contributed by atoms with Gasteiger partial charge in [0.25, 0.3) is 0 Å². The molecule has 0 bridgehead atoms. The van der Waals surface area contributed by atoms with E-state index in [4.69, 9.17) is 5.73 Å². The quantitative estimate of drug-likeness (QED) is 0.466. The van der Waals surface area contributed by atoms with Gasteiger partial charge < -0.3 is 5.73 Å². The van der Waals surface area contributed by atoms with Crippen molar-refractivity contribution in [3.8, 4) is 0 Å². The Hall–Kier alpha value is -0.630. The highest BCUT2D eigenvalue weighted by molar-refractivity contribution is 7.79. The molecule has 0 saturated heterocycles. The van der Waals surface area contributed by atoms with Crippen molar-refractivity contribution in [2.24, 2.45) is 5.73 Å². The van der Waals surface area contributed by atoms with Gasteiger partial charge in [-0.15, -0.1) is 0 Å². The summed E-state index contributed by atoms with van der Waals surface area (Å²) in [6.45, 7) is 5.34.